The fourth-order valence-electron chi connectivity index (χ4n) is 7.31. The van der Waals surface area contributed by atoms with Gasteiger partial charge >= 0.3 is 30.2 Å². The zero-order valence-corrected chi connectivity index (χ0v) is 37.6. The molecule has 1 unspecified atom stereocenters. The summed E-state index contributed by atoms with van der Waals surface area (Å²) in [5.74, 6) is 0.559. The van der Waals surface area contributed by atoms with Gasteiger partial charge in [-0.2, -0.15) is 23.3 Å². The molecule has 0 fully saturated rings. The third-order valence-electron chi connectivity index (χ3n) is 9.65. The van der Waals surface area contributed by atoms with Crippen molar-refractivity contribution in [3.8, 4) is 22.3 Å². The van der Waals surface area contributed by atoms with Gasteiger partial charge in [0.2, 0.25) is 0 Å². The summed E-state index contributed by atoms with van der Waals surface area (Å²) in [6, 6.07) is 50.6. The molecule has 0 N–H and O–H groups in total. The fraction of sp³-hybridized carbons (Fsp3) is 0.122. The van der Waals surface area contributed by atoms with Gasteiger partial charge in [-0.3, -0.25) is 0 Å². The maximum absolute atomic E-state index is 3.57. The van der Waals surface area contributed by atoms with Crippen molar-refractivity contribution in [2.45, 2.75) is 32.9 Å². The Morgan fingerprint density at radius 3 is 1.83 bits per heavy atom. The summed E-state index contributed by atoms with van der Waals surface area (Å²) in [4.78, 5) is 1.34. The van der Waals surface area contributed by atoms with E-state index in [1.165, 1.54) is 111 Å². The molecule has 0 spiro atoms. The Balaban J connectivity index is 0.000000285. The van der Waals surface area contributed by atoms with Gasteiger partial charge in [-0.25, -0.2) is 6.08 Å². The number of halogens is 2. The molecular weight excluding hydrogens is 811 g/mol. The van der Waals surface area contributed by atoms with E-state index in [1.807, 2.05) is 11.8 Å². The Hall–Kier alpha value is -3.30. The van der Waals surface area contributed by atoms with Crippen molar-refractivity contribution in [1.82, 2.24) is 0 Å². The zero-order chi connectivity index (χ0) is 34.8. The molecule has 1 aliphatic heterocycles. The van der Waals surface area contributed by atoms with Crippen molar-refractivity contribution in [1.29, 1.82) is 0 Å². The van der Waals surface area contributed by atoms with Gasteiger partial charge in [0.05, 0.1) is 0 Å². The molecule has 1 atom stereocenters. The Labute approximate surface area is 356 Å². The number of benzene rings is 6. The van der Waals surface area contributed by atoms with E-state index in [1.54, 1.807) is 0 Å². The molecule has 274 valence electrons. The van der Waals surface area contributed by atoms with Crippen molar-refractivity contribution in [2.75, 3.05) is 0 Å². The Morgan fingerprint density at radius 2 is 1.20 bits per heavy atom. The van der Waals surface area contributed by atoms with Gasteiger partial charge in [-0.05, 0) is 51.1 Å². The topological polar surface area (TPSA) is 0 Å². The van der Waals surface area contributed by atoms with E-state index in [4.69, 9.17) is 0 Å². The van der Waals surface area contributed by atoms with E-state index in [-0.39, 0.29) is 39.7 Å². The van der Waals surface area contributed by atoms with Gasteiger partial charge in [0.15, 0.2) is 0 Å². The number of hydrogen-bond donors (Lipinski definition) is 0. The van der Waals surface area contributed by atoms with Crippen LogP contribution >= 0.6 is 36.6 Å². The third kappa shape index (κ3) is 9.04. The second kappa shape index (κ2) is 20.0. The second-order valence-corrected chi connectivity index (χ2v) is 14.6. The zero-order valence-electron chi connectivity index (χ0n) is 31.7. The van der Waals surface area contributed by atoms with Crippen LogP contribution in [-0.2, 0) is 23.3 Å². The molecule has 9 rings (SSSR count). The molecule has 54 heavy (non-hydrogen) atoms. The summed E-state index contributed by atoms with van der Waals surface area (Å²) in [5.41, 5.74) is 12.0. The second-order valence-electron chi connectivity index (χ2n) is 13.3. The molecule has 1 heterocycles. The minimum absolute atomic E-state index is 0. The van der Waals surface area contributed by atoms with E-state index in [2.05, 4.69) is 186 Å². The van der Waals surface area contributed by atoms with Crippen LogP contribution in [0.4, 0.5) is 0 Å². The molecule has 7 aromatic rings. The van der Waals surface area contributed by atoms with Gasteiger partial charge in [0.25, 0.3) is 0 Å². The van der Waals surface area contributed by atoms with Crippen molar-refractivity contribution >= 4 is 81.3 Å². The molecule has 2 radical (unpaired) electrons. The predicted octanol–water partition coefficient (Wildman–Crippen LogP) is 14.7. The Kier molecular flexibility index (Phi) is 16.7. The molecule has 0 saturated heterocycles. The molecule has 0 amide bonds. The van der Waals surface area contributed by atoms with Crippen LogP contribution < -0.4 is 0 Å². The summed E-state index contributed by atoms with van der Waals surface area (Å²) in [6.45, 7) is 12.0. The summed E-state index contributed by atoms with van der Waals surface area (Å²) < 4.78 is 0. The van der Waals surface area contributed by atoms with Crippen LogP contribution in [0.1, 0.15) is 31.9 Å². The van der Waals surface area contributed by atoms with E-state index in [0.29, 0.717) is 11.2 Å². The molecule has 5 heteroatoms. The normalized spacial score (nSPS) is 13.9. The van der Waals surface area contributed by atoms with Crippen molar-refractivity contribution in [3.05, 3.63) is 194 Å². The average Bonchev–Trinajstić information content (AvgIpc) is 3.83. The third-order valence-corrected chi connectivity index (χ3v) is 10.8. The maximum atomic E-state index is 3.57. The molecule has 0 saturated carbocycles. The Morgan fingerprint density at radius 1 is 0.648 bits per heavy atom. The van der Waals surface area contributed by atoms with Crippen LogP contribution in [0.3, 0.4) is 0 Å². The van der Waals surface area contributed by atoms with Crippen molar-refractivity contribution in [2.24, 2.45) is 5.92 Å². The number of allylic oxidation sites excluding steroid dienone is 4. The standard InChI is InChI=1S/C30H21.C17H17S.2CH3.2ClH.Si.Zr/c1-20-16-23-18-24(27-14-6-10-21-8-2-4-12-25(21)27)19-30(29(23)17-20)28-15-7-11-22-9-3-5-13-26(22)28;1-11(2)14-9-15-16(10-14)18-12(3)17(15)13-7-5-4-6-8-13;;;;;;/h2-19H,1H3;4-9,11-12H,1-3H3;2*1H3;2*1H;;/q4*-1;;;;. The van der Waals surface area contributed by atoms with Gasteiger partial charge in [0, 0.05) is 5.25 Å². The van der Waals surface area contributed by atoms with Crippen LogP contribution in [0.15, 0.2) is 162 Å². The first kappa shape index (κ1) is 45.1. The average molecular weight is 857 g/mol. The van der Waals surface area contributed by atoms with Gasteiger partial charge in [-0.15, -0.1) is 69.9 Å². The molecule has 0 aromatic heterocycles. The van der Waals surface area contributed by atoms with Crippen LogP contribution in [0.2, 0.25) is 0 Å². The molecule has 7 aromatic carbocycles. The van der Waals surface area contributed by atoms with E-state index in [0.717, 1.165) is 0 Å². The molecule has 0 bridgehead atoms. The number of hydrogen-bond acceptors (Lipinski definition) is 1. The van der Waals surface area contributed by atoms with Crippen LogP contribution in [0, 0.1) is 33.8 Å². The van der Waals surface area contributed by atoms with Crippen LogP contribution in [0.5, 0.6) is 0 Å². The summed E-state index contributed by atoms with van der Waals surface area (Å²) in [6.07, 6.45) is 5.90. The quantitative estimate of drug-likeness (QED) is 0.126. The Bertz CT molecular complexity index is 2450. The van der Waals surface area contributed by atoms with E-state index >= 15 is 0 Å². The molecule has 2 aliphatic rings. The van der Waals surface area contributed by atoms with Crippen molar-refractivity contribution < 1.29 is 23.3 Å². The first-order chi connectivity index (χ1) is 24.4. The summed E-state index contributed by atoms with van der Waals surface area (Å²) in [5, 5.41) is 8.33. The van der Waals surface area contributed by atoms with Gasteiger partial charge < -0.3 is 14.9 Å². The number of thioether (sulfide) groups is 1. The monoisotopic (exact) mass is 854 g/mol. The first-order valence-electron chi connectivity index (χ1n) is 17.2. The SMILES string of the molecule is CC(C)C1=CC2=C(c3ccccc3)C(C)SC2=[C-]1.Cc1cc2c(-c3cccc4ccccc34)cc(-c3cccc4ccccc34)cc2[cH-]1.Cl.Cl.[CH3-].[CH3-].[Si]=[Zr]. The first-order valence-corrected chi connectivity index (χ1v) is 22.3. The van der Waals surface area contributed by atoms with E-state index in [9.17, 15) is 0 Å². The number of aryl methyl sites for hydroxylation is 1. The fourth-order valence-corrected chi connectivity index (χ4v) is 8.52. The summed E-state index contributed by atoms with van der Waals surface area (Å²) >= 11 is 3.30. The number of rotatable bonds is 4. The van der Waals surface area contributed by atoms with Gasteiger partial charge in [-0.1, -0.05) is 159 Å². The number of fused-ring (bicyclic) bond motifs is 4. The minimum atomic E-state index is 0. The predicted molar refractivity (Wildman–Crippen MR) is 243 cm³/mol. The van der Waals surface area contributed by atoms with Crippen molar-refractivity contribution in [3.63, 3.8) is 0 Å². The summed E-state index contributed by atoms with van der Waals surface area (Å²) in [7, 11) is 0. The molecular formula is C49H46Cl2SSiZr-4. The van der Waals surface area contributed by atoms with Crippen LogP contribution in [0.25, 0.3) is 60.1 Å². The van der Waals surface area contributed by atoms with E-state index < -0.39 is 0 Å². The van der Waals surface area contributed by atoms with Gasteiger partial charge in [0.1, 0.15) is 0 Å². The molecule has 1 aliphatic carbocycles. The molecule has 0 nitrogen and oxygen atoms in total. The van der Waals surface area contributed by atoms with Crippen LogP contribution in [-0.4, -0.2) is 12.1 Å².